The maximum atomic E-state index is 11.7. The maximum Gasteiger partial charge on any atom is 0.271 e. The molecular formula is C23H26N2O4. The van der Waals surface area contributed by atoms with Crippen molar-refractivity contribution in [2.45, 2.75) is 46.0 Å². The molecule has 29 heavy (non-hydrogen) atoms. The highest BCUT2D eigenvalue weighted by Crippen LogP contribution is 2.22. The first-order chi connectivity index (χ1) is 14.0. The van der Waals surface area contributed by atoms with E-state index in [0.29, 0.717) is 17.9 Å². The highest BCUT2D eigenvalue weighted by molar-refractivity contribution is 5.92. The van der Waals surface area contributed by atoms with E-state index in [-0.39, 0.29) is 18.0 Å². The third kappa shape index (κ3) is 7.30. The van der Waals surface area contributed by atoms with E-state index in [1.807, 2.05) is 24.3 Å². The van der Waals surface area contributed by atoms with Crippen molar-refractivity contribution < 1.29 is 14.5 Å². The number of ether oxygens (including phenoxy) is 1. The standard InChI is InChI=1S/C23H26N2O4/c1-3-5-6-7-16-29-21-14-9-18(10-15-21)8-11-19-12-13-20(25(27)28)17-22(19)24-23(26)4-2/h9-10,12-15,17H,3-7,16H2,1-2H3,(H,24,26). The monoisotopic (exact) mass is 394 g/mol. The van der Waals surface area contributed by atoms with Crippen LogP contribution in [-0.4, -0.2) is 17.4 Å². The van der Waals surface area contributed by atoms with Gasteiger partial charge in [-0.3, -0.25) is 14.9 Å². The van der Waals surface area contributed by atoms with E-state index >= 15 is 0 Å². The Hall–Kier alpha value is -3.33. The molecule has 2 aromatic carbocycles. The number of amides is 1. The van der Waals surface area contributed by atoms with Gasteiger partial charge in [-0.25, -0.2) is 0 Å². The number of nitrogens with zero attached hydrogens (tertiary/aromatic N) is 1. The molecule has 0 aliphatic carbocycles. The van der Waals surface area contributed by atoms with Crippen LogP contribution in [0.15, 0.2) is 42.5 Å². The third-order valence-corrected chi connectivity index (χ3v) is 4.27. The number of rotatable bonds is 9. The van der Waals surface area contributed by atoms with Crippen LogP contribution in [-0.2, 0) is 4.79 Å². The predicted octanol–water partition coefficient (Wildman–Crippen LogP) is 5.30. The van der Waals surface area contributed by atoms with E-state index in [1.165, 1.54) is 31.4 Å². The van der Waals surface area contributed by atoms with Crippen LogP contribution in [0.3, 0.4) is 0 Å². The quantitative estimate of drug-likeness (QED) is 0.271. The second kappa shape index (κ2) is 11.5. The zero-order chi connectivity index (χ0) is 21.1. The summed E-state index contributed by atoms with van der Waals surface area (Å²) in [7, 11) is 0. The lowest BCUT2D eigenvalue weighted by Crippen LogP contribution is -2.11. The summed E-state index contributed by atoms with van der Waals surface area (Å²) in [5, 5.41) is 13.7. The minimum absolute atomic E-state index is 0.0950. The van der Waals surface area contributed by atoms with Crippen molar-refractivity contribution in [2.24, 2.45) is 0 Å². The van der Waals surface area contributed by atoms with Crippen molar-refractivity contribution in [2.75, 3.05) is 11.9 Å². The van der Waals surface area contributed by atoms with Gasteiger partial charge in [0.1, 0.15) is 5.75 Å². The molecule has 0 bridgehead atoms. The van der Waals surface area contributed by atoms with E-state index in [0.717, 1.165) is 17.7 Å². The normalized spacial score (nSPS) is 10.0. The second-order valence-corrected chi connectivity index (χ2v) is 6.57. The van der Waals surface area contributed by atoms with Crippen LogP contribution >= 0.6 is 0 Å². The Kier molecular flexibility index (Phi) is 8.71. The first kappa shape index (κ1) is 22.0. The fourth-order valence-corrected chi connectivity index (χ4v) is 2.59. The lowest BCUT2D eigenvalue weighted by molar-refractivity contribution is -0.384. The number of hydrogen-bond acceptors (Lipinski definition) is 4. The smallest absolute Gasteiger partial charge is 0.271 e. The SMILES string of the molecule is CCCCCCOc1ccc(C#Cc2ccc([N+](=O)[O-])cc2NC(=O)CC)cc1. The summed E-state index contributed by atoms with van der Waals surface area (Å²) in [5.74, 6) is 6.58. The van der Waals surface area contributed by atoms with Crippen LogP contribution in [0.2, 0.25) is 0 Å². The molecule has 0 aliphatic heterocycles. The number of nitro benzene ring substituents is 1. The summed E-state index contributed by atoms with van der Waals surface area (Å²) >= 11 is 0. The second-order valence-electron chi connectivity index (χ2n) is 6.57. The molecule has 0 unspecified atom stereocenters. The van der Waals surface area contributed by atoms with E-state index in [4.69, 9.17) is 4.74 Å². The largest absolute Gasteiger partial charge is 0.494 e. The number of non-ortho nitro benzene ring substituents is 1. The average molecular weight is 394 g/mol. The Balaban J connectivity index is 2.09. The number of nitrogens with one attached hydrogen (secondary N) is 1. The number of carbonyl (C=O) groups excluding carboxylic acids is 1. The maximum absolute atomic E-state index is 11.7. The summed E-state index contributed by atoms with van der Waals surface area (Å²) in [5.41, 5.74) is 1.55. The van der Waals surface area contributed by atoms with E-state index < -0.39 is 4.92 Å². The van der Waals surface area contributed by atoms with Crippen LogP contribution in [0.5, 0.6) is 5.75 Å². The number of carbonyl (C=O) groups is 1. The van der Waals surface area contributed by atoms with Crippen molar-refractivity contribution in [3.8, 4) is 17.6 Å². The van der Waals surface area contributed by atoms with Crippen LogP contribution in [0.1, 0.15) is 57.1 Å². The molecule has 1 N–H and O–H groups in total. The molecule has 2 rings (SSSR count). The molecule has 2 aromatic rings. The number of benzene rings is 2. The Labute approximate surface area is 171 Å². The fraction of sp³-hybridized carbons (Fsp3) is 0.348. The van der Waals surface area contributed by atoms with Crippen LogP contribution < -0.4 is 10.1 Å². The summed E-state index contributed by atoms with van der Waals surface area (Å²) in [6.45, 7) is 4.60. The van der Waals surface area contributed by atoms with Gasteiger partial charge in [0.2, 0.25) is 5.91 Å². The topological polar surface area (TPSA) is 81.5 Å². The van der Waals surface area contributed by atoms with Crippen LogP contribution in [0.25, 0.3) is 0 Å². The van der Waals surface area contributed by atoms with Gasteiger partial charge in [0, 0.05) is 29.7 Å². The van der Waals surface area contributed by atoms with Gasteiger partial charge in [-0.2, -0.15) is 0 Å². The van der Waals surface area contributed by atoms with Gasteiger partial charge in [0.25, 0.3) is 5.69 Å². The molecule has 0 aliphatic rings. The highest BCUT2D eigenvalue weighted by atomic mass is 16.6. The zero-order valence-electron chi connectivity index (χ0n) is 16.9. The lowest BCUT2D eigenvalue weighted by Gasteiger charge is -2.06. The van der Waals surface area contributed by atoms with E-state index in [9.17, 15) is 14.9 Å². The van der Waals surface area contributed by atoms with Crippen molar-refractivity contribution in [3.05, 3.63) is 63.7 Å². The Morgan fingerprint density at radius 3 is 2.48 bits per heavy atom. The molecule has 0 fully saturated rings. The number of unbranched alkanes of at least 4 members (excludes halogenated alkanes) is 3. The van der Waals surface area contributed by atoms with Gasteiger partial charge in [0.05, 0.1) is 17.2 Å². The first-order valence-electron chi connectivity index (χ1n) is 9.86. The predicted molar refractivity (Wildman–Crippen MR) is 114 cm³/mol. The van der Waals surface area contributed by atoms with Crippen molar-refractivity contribution in [1.29, 1.82) is 0 Å². The van der Waals surface area contributed by atoms with Gasteiger partial charge in [-0.05, 0) is 36.8 Å². The molecule has 0 spiro atoms. The number of nitro groups is 1. The first-order valence-corrected chi connectivity index (χ1v) is 9.86. The minimum Gasteiger partial charge on any atom is -0.494 e. The fourth-order valence-electron chi connectivity index (χ4n) is 2.59. The molecule has 0 saturated heterocycles. The lowest BCUT2D eigenvalue weighted by atomic mass is 10.1. The molecular weight excluding hydrogens is 368 g/mol. The number of anilines is 1. The van der Waals surface area contributed by atoms with Gasteiger partial charge in [0.15, 0.2) is 0 Å². The van der Waals surface area contributed by atoms with Crippen LogP contribution in [0.4, 0.5) is 11.4 Å². The molecule has 0 atom stereocenters. The van der Waals surface area contributed by atoms with E-state index in [1.54, 1.807) is 13.0 Å². The Morgan fingerprint density at radius 1 is 1.07 bits per heavy atom. The Morgan fingerprint density at radius 2 is 1.83 bits per heavy atom. The zero-order valence-corrected chi connectivity index (χ0v) is 16.9. The van der Waals surface area contributed by atoms with Gasteiger partial charge < -0.3 is 10.1 Å². The molecule has 0 heterocycles. The van der Waals surface area contributed by atoms with Crippen LogP contribution in [0, 0.1) is 22.0 Å². The molecule has 0 saturated carbocycles. The van der Waals surface area contributed by atoms with Gasteiger partial charge in [-0.1, -0.05) is 45.0 Å². The molecule has 0 radical (unpaired) electrons. The minimum atomic E-state index is -0.500. The van der Waals surface area contributed by atoms with Gasteiger partial charge >= 0.3 is 0 Å². The van der Waals surface area contributed by atoms with Gasteiger partial charge in [-0.15, -0.1) is 0 Å². The van der Waals surface area contributed by atoms with Crippen molar-refractivity contribution in [3.63, 3.8) is 0 Å². The van der Waals surface area contributed by atoms with Crippen molar-refractivity contribution >= 4 is 17.3 Å². The average Bonchev–Trinajstić information content (AvgIpc) is 2.73. The summed E-state index contributed by atoms with van der Waals surface area (Å²) in [6, 6.07) is 11.7. The summed E-state index contributed by atoms with van der Waals surface area (Å²) in [4.78, 5) is 22.2. The Bertz CT molecular complexity index is 895. The molecule has 152 valence electrons. The van der Waals surface area contributed by atoms with E-state index in [2.05, 4.69) is 24.1 Å². The van der Waals surface area contributed by atoms with Crippen molar-refractivity contribution in [1.82, 2.24) is 0 Å². The third-order valence-electron chi connectivity index (χ3n) is 4.27. The molecule has 6 heteroatoms. The summed E-state index contributed by atoms with van der Waals surface area (Å²) < 4.78 is 5.72. The summed E-state index contributed by atoms with van der Waals surface area (Å²) in [6.07, 6.45) is 4.91. The molecule has 0 aromatic heterocycles. The molecule has 6 nitrogen and oxygen atoms in total. The highest BCUT2D eigenvalue weighted by Gasteiger charge is 2.11. The molecule has 1 amide bonds. The number of hydrogen-bond donors (Lipinski definition) is 1.